The van der Waals surface area contributed by atoms with Crippen molar-refractivity contribution in [1.29, 1.82) is 0 Å². The van der Waals surface area contributed by atoms with Gasteiger partial charge in [-0.1, -0.05) is 22.0 Å². The molecule has 0 heterocycles. The maximum absolute atomic E-state index is 5.30. The van der Waals surface area contributed by atoms with E-state index in [9.17, 15) is 0 Å². The van der Waals surface area contributed by atoms with Crippen molar-refractivity contribution >= 4 is 15.9 Å². The maximum Gasteiger partial charge on any atom is 0.123 e. The molecular weight excluding hydrogens is 216 g/mol. The van der Waals surface area contributed by atoms with Crippen molar-refractivity contribution < 1.29 is 4.74 Å². The zero-order valence-corrected chi connectivity index (χ0v) is 8.60. The summed E-state index contributed by atoms with van der Waals surface area (Å²) in [5, 5.41) is 0. The molecule has 12 heavy (non-hydrogen) atoms. The number of rotatable bonds is 2. The Morgan fingerprint density at radius 3 is 2.75 bits per heavy atom. The van der Waals surface area contributed by atoms with Gasteiger partial charge in [0.15, 0.2) is 0 Å². The fraction of sp³-hybridized carbons (Fsp3) is 0.400. The van der Waals surface area contributed by atoms with Gasteiger partial charge in [-0.3, -0.25) is 0 Å². The van der Waals surface area contributed by atoms with E-state index < -0.39 is 0 Å². The van der Waals surface area contributed by atoms with E-state index in [4.69, 9.17) is 4.74 Å². The van der Waals surface area contributed by atoms with Crippen LogP contribution in [-0.2, 0) is 0 Å². The molecule has 1 aliphatic carbocycles. The monoisotopic (exact) mass is 226 g/mol. The van der Waals surface area contributed by atoms with Crippen molar-refractivity contribution in [2.75, 3.05) is 7.11 Å². The summed E-state index contributed by atoms with van der Waals surface area (Å²) in [6.45, 7) is 0. The van der Waals surface area contributed by atoms with Gasteiger partial charge in [0.1, 0.15) is 5.75 Å². The molecule has 1 nitrogen and oxygen atoms in total. The average Bonchev–Trinajstić information content (AvgIpc) is 2.87. The zero-order valence-electron chi connectivity index (χ0n) is 7.01. The Morgan fingerprint density at radius 1 is 1.42 bits per heavy atom. The molecule has 1 saturated carbocycles. The highest BCUT2D eigenvalue weighted by atomic mass is 79.9. The van der Waals surface area contributed by atoms with Crippen LogP contribution in [0.15, 0.2) is 22.7 Å². The first kappa shape index (κ1) is 8.11. The normalized spacial score (nSPS) is 16.2. The van der Waals surface area contributed by atoms with Gasteiger partial charge in [0.25, 0.3) is 0 Å². The summed E-state index contributed by atoms with van der Waals surface area (Å²) in [6.07, 6.45) is 2.63. The summed E-state index contributed by atoms with van der Waals surface area (Å²) >= 11 is 3.43. The van der Waals surface area contributed by atoms with Gasteiger partial charge >= 0.3 is 0 Å². The fourth-order valence-corrected chi connectivity index (χ4v) is 1.76. The quantitative estimate of drug-likeness (QED) is 0.752. The van der Waals surface area contributed by atoms with Crippen LogP contribution in [0.1, 0.15) is 24.3 Å². The molecule has 0 amide bonds. The van der Waals surface area contributed by atoms with Crippen LogP contribution in [0.5, 0.6) is 5.75 Å². The van der Waals surface area contributed by atoms with Gasteiger partial charge in [-0.05, 0) is 36.5 Å². The first-order chi connectivity index (χ1) is 5.81. The topological polar surface area (TPSA) is 9.23 Å². The smallest absolute Gasteiger partial charge is 0.123 e. The van der Waals surface area contributed by atoms with Gasteiger partial charge in [0, 0.05) is 4.47 Å². The van der Waals surface area contributed by atoms with Crippen LogP contribution in [-0.4, -0.2) is 7.11 Å². The molecule has 0 bridgehead atoms. The molecular formula is C10H11BrO. The Kier molecular flexibility index (Phi) is 2.09. The highest BCUT2D eigenvalue weighted by molar-refractivity contribution is 9.10. The molecule has 0 aromatic heterocycles. The minimum Gasteiger partial charge on any atom is -0.496 e. The third-order valence-electron chi connectivity index (χ3n) is 2.21. The number of hydrogen-bond donors (Lipinski definition) is 0. The number of benzene rings is 1. The van der Waals surface area contributed by atoms with Gasteiger partial charge in [-0.2, -0.15) is 0 Å². The molecule has 64 valence electrons. The molecule has 2 rings (SSSR count). The van der Waals surface area contributed by atoms with Gasteiger partial charge in [-0.25, -0.2) is 0 Å². The van der Waals surface area contributed by atoms with Crippen LogP contribution in [0.4, 0.5) is 0 Å². The second-order valence-electron chi connectivity index (χ2n) is 3.16. The molecule has 1 aromatic carbocycles. The molecule has 0 aliphatic heterocycles. The van der Waals surface area contributed by atoms with Crippen LogP contribution in [0.3, 0.4) is 0 Å². The van der Waals surface area contributed by atoms with E-state index >= 15 is 0 Å². The van der Waals surface area contributed by atoms with Gasteiger partial charge in [0.05, 0.1) is 7.11 Å². The van der Waals surface area contributed by atoms with E-state index in [1.807, 2.05) is 6.07 Å². The third kappa shape index (κ3) is 1.48. The van der Waals surface area contributed by atoms with Crippen molar-refractivity contribution in [3.63, 3.8) is 0 Å². The van der Waals surface area contributed by atoms with Crippen molar-refractivity contribution in [1.82, 2.24) is 0 Å². The second-order valence-corrected chi connectivity index (χ2v) is 4.08. The molecule has 0 saturated heterocycles. The first-order valence-corrected chi connectivity index (χ1v) is 4.94. The van der Waals surface area contributed by atoms with E-state index in [-0.39, 0.29) is 0 Å². The van der Waals surface area contributed by atoms with E-state index in [1.54, 1.807) is 7.11 Å². The van der Waals surface area contributed by atoms with Gasteiger partial charge in [-0.15, -0.1) is 0 Å². The van der Waals surface area contributed by atoms with Gasteiger partial charge < -0.3 is 4.74 Å². The lowest BCUT2D eigenvalue weighted by atomic mass is 10.1. The fourth-order valence-electron chi connectivity index (χ4n) is 1.42. The van der Waals surface area contributed by atoms with E-state index in [1.165, 1.54) is 18.4 Å². The second kappa shape index (κ2) is 3.09. The summed E-state index contributed by atoms with van der Waals surface area (Å²) in [5.74, 6) is 1.78. The van der Waals surface area contributed by atoms with Crippen LogP contribution >= 0.6 is 15.9 Å². The predicted molar refractivity (Wildman–Crippen MR) is 52.7 cm³/mol. The largest absolute Gasteiger partial charge is 0.496 e. The van der Waals surface area contributed by atoms with Crippen molar-refractivity contribution in [2.45, 2.75) is 18.8 Å². The molecule has 1 fully saturated rings. The maximum atomic E-state index is 5.30. The molecule has 0 N–H and O–H groups in total. The summed E-state index contributed by atoms with van der Waals surface area (Å²) in [6, 6.07) is 6.27. The van der Waals surface area contributed by atoms with Crippen molar-refractivity contribution in [3.8, 4) is 5.75 Å². The summed E-state index contributed by atoms with van der Waals surface area (Å²) in [7, 11) is 1.73. The van der Waals surface area contributed by atoms with Crippen molar-refractivity contribution in [3.05, 3.63) is 28.2 Å². The summed E-state index contributed by atoms with van der Waals surface area (Å²) in [5.41, 5.74) is 1.36. The average molecular weight is 227 g/mol. The zero-order chi connectivity index (χ0) is 8.55. The van der Waals surface area contributed by atoms with Gasteiger partial charge in [0.2, 0.25) is 0 Å². The number of ether oxygens (including phenoxy) is 1. The Morgan fingerprint density at radius 2 is 2.17 bits per heavy atom. The highest BCUT2D eigenvalue weighted by Gasteiger charge is 2.26. The van der Waals surface area contributed by atoms with Crippen LogP contribution in [0, 0.1) is 0 Å². The predicted octanol–water partition coefficient (Wildman–Crippen LogP) is 3.34. The lowest BCUT2D eigenvalue weighted by Crippen LogP contribution is -1.89. The van der Waals surface area contributed by atoms with E-state index in [0.717, 1.165) is 16.1 Å². The third-order valence-corrected chi connectivity index (χ3v) is 2.71. The van der Waals surface area contributed by atoms with E-state index in [2.05, 4.69) is 28.1 Å². The first-order valence-electron chi connectivity index (χ1n) is 4.14. The minimum atomic E-state index is 0.757. The molecule has 1 aromatic rings. The summed E-state index contributed by atoms with van der Waals surface area (Å²) in [4.78, 5) is 0. The molecule has 0 unspecified atom stereocenters. The number of methoxy groups -OCH3 is 1. The molecule has 0 atom stereocenters. The molecule has 2 heteroatoms. The Bertz CT molecular complexity index is 292. The lowest BCUT2D eigenvalue weighted by Gasteiger charge is -2.06. The Labute approximate surface area is 80.9 Å². The highest BCUT2D eigenvalue weighted by Crippen LogP contribution is 2.44. The standard InChI is InChI=1S/C10H11BrO/c1-12-10-6-8(11)4-5-9(10)7-2-3-7/h4-7H,2-3H2,1H3. The van der Waals surface area contributed by atoms with Crippen molar-refractivity contribution in [2.24, 2.45) is 0 Å². The molecule has 0 radical (unpaired) electrons. The number of hydrogen-bond acceptors (Lipinski definition) is 1. The summed E-state index contributed by atoms with van der Waals surface area (Å²) < 4.78 is 6.38. The lowest BCUT2D eigenvalue weighted by molar-refractivity contribution is 0.409. The van der Waals surface area contributed by atoms with E-state index in [0.29, 0.717) is 0 Å². The Balaban J connectivity index is 2.38. The van der Waals surface area contributed by atoms with Crippen LogP contribution < -0.4 is 4.74 Å². The SMILES string of the molecule is COc1cc(Br)ccc1C1CC1. The van der Waals surface area contributed by atoms with Crippen LogP contribution in [0.2, 0.25) is 0 Å². The van der Waals surface area contributed by atoms with Crippen LogP contribution in [0.25, 0.3) is 0 Å². The Hall–Kier alpha value is -0.500. The minimum absolute atomic E-state index is 0.757. The molecule has 0 spiro atoms. The molecule has 1 aliphatic rings. The number of halogens is 1.